The molecule has 0 aliphatic carbocycles. The van der Waals surface area contributed by atoms with E-state index in [2.05, 4.69) is 10.1 Å². The Labute approximate surface area is 98.3 Å². The number of aromatic nitrogens is 3. The molecule has 0 spiro atoms. The number of hydrogen-bond donors (Lipinski definition) is 1. The van der Waals surface area contributed by atoms with Crippen LogP contribution in [0.25, 0.3) is 11.9 Å². The van der Waals surface area contributed by atoms with Gasteiger partial charge in [0.2, 0.25) is 0 Å². The van der Waals surface area contributed by atoms with Crippen LogP contribution in [0, 0.1) is 11.3 Å². The van der Waals surface area contributed by atoms with Crippen molar-refractivity contribution in [1.29, 1.82) is 5.26 Å². The van der Waals surface area contributed by atoms with E-state index >= 15 is 0 Å². The normalized spacial score (nSPS) is 10.6. The van der Waals surface area contributed by atoms with Crippen LogP contribution in [0.2, 0.25) is 0 Å². The first-order chi connectivity index (χ1) is 8.33. The first-order valence-corrected chi connectivity index (χ1v) is 5.03. The fraction of sp³-hybridized carbons (Fsp3) is 0.0833. The molecule has 0 unspecified atom stereocenters. The molecule has 0 aromatic carbocycles. The summed E-state index contributed by atoms with van der Waals surface area (Å²) in [7, 11) is 0. The molecule has 17 heavy (non-hydrogen) atoms. The van der Waals surface area contributed by atoms with E-state index in [0.29, 0.717) is 11.4 Å². The average molecular weight is 226 g/mol. The third-order valence-electron chi connectivity index (χ3n) is 2.12. The van der Waals surface area contributed by atoms with Crippen molar-refractivity contribution in [2.24, 2.45) is 0 Å². The van der Waals surface area contributed by atoms with Crippen LogP contribution in [0.15, 0.2) is 36.7 Å². The number of hydrogen-bond acceptors (Lipinski definition) is 4. The molecule has 2 rings (SSSR count). The van der Waals surface area contributed by atoms with Crippen molar-refractivity contribution >= 4 is 6.08 Å². The Morgan fingerprint density at radius 2 is 2.29 bits per heavy atom. The van der Waals surface area contributed by atoms with Gasteiger partial charge in [0.05, 0.1) is 17.9 Å². The van der Waals surface area contributed by atoms with Crippen molar-refractivity contribution in [3.8, 4) is 11.9 Å². The molecule has 0 bridgehead atoms. The highest BCUT2D eigenvalue weighted by atomic mass is 16.2. The van der Waals surface area contributed by atoms with Crippen molar-refractivity contribution in [2.75, 3.05) is 6.61 Å². The lowest BCUT2D eigenvalue weighted by molar-refractivity contribution is 0.343. The van der Waals surface area contributed by atoms with Gasteiger partial charge in [0.1, 0.15) is 6.07 Å². The van der Waals surface area contributed by atoms with Gasteiger partial charge in [-0.2, -0.15) is 10.4 Å². The Kier molecular flexibility index (Phi) is 3.28. The number of rotatable bonds is 3. The topological polar surface area (TPSA) is 74.7 Å². The maximum absolute atomic E-state index is 8.66. The lowest BCUT2D eigenvalue weighted by Gasteiger charge is -1.98. The van der Waals surface area contributed by atoms with E-state index in [0.717, 1.165) is 5.69 Å². The summed E-state index contributed by atoms with van der Waals surface area (Å²) in [6, 6.07) is 7.23. The monoisotopic (exact) mass is 226 g/mol. The lowest BCUT2D eigenvalue weighted by Crippen LogP contribution is -1.98. The summed E-state index contributed by atoms with van der Waals surface area (Å²) in [5, 5.41) is 21.5. The van der Waals surface area contributed by atoms with Gasteiger partial charge in [-0.3, -0.25) is 0 Å². The highest BCUT2D eigenvalue weighted by Crippen LogP contribution is 2.06. The van der Waals surface area contributed by atoms with Gasteiger partial charge in [0.15, 0.2) is 5.82 Å². The summed E-state index contributed by atoms with van der Waals surface area (Å²) >= 11 is 0. The molecule has 2 aromatic heterocycles. The van der Waals surface area contributed by atoms with Gasteiger partial charge < -0.3 is 5.11 Å². The average Bonchev–Trinajstić information content (AvgIpc) is 2.85. The molecular formula is C12H10N4O. The van der Waals surface area contributed by atoms with Gasteiger partial charge >= 0.3 is 0 Å². The van der Waals surface area contributed by atoms with Crippen LogP contribution >= 0.6 is 0 Å². The van der Waals surface area contributed by atoms with Crippen LogP contribution in [0.4, 0.5) is 0 Å². The zero-order valence-corrected chi connectivity index (χ0v) is 8.98. The number of nitriles is 1. The Balaban J connectivity index is 2.24. The van der Waals surface area contributed by atoms with E-state index in [-0.39, 0.29) is 6.61 Å². The molecular weight excluding hydrogens is 216 g/mol. The van der Waals surface area contributed by atoms with Crippen LogP contribution in [-0.2, 0) is 0 Å². The van der Waals surface area contributed by atoms with Crippen molar-refractivity contribution in [3.05, 3.63) is 47.9 Å². The van der Waals surface area contributed by atoms with Crippen molar-refractivity contribution < 1.29 is 5.11 Å². The van der Waals surface area contributed by atoms with Gasteiger partial charge in [-0.25, -0.2) is 9.67 Å². The molecule has 5 nitrogen and oxygen atoms in total. The fourth-order valence-electron chi connectivity index (χ4n) is 1.32. The second-order valence-electron chi connectivity index (χ2n) is 3.29. The number of aliphatic hydroxyl groups excluding tert-OH is 1. The minimum absolute atomic E-state index is 0.0119. The molecule has 0 radical (unpaired) electrons. The summed E-state index contributed by atoms with van der Waals surface area (Å²) in [6.07, 6.45) is 6.60. The smallest absolute Gasteiger partial charge is 0.153 e. The van der Waals surface area contributed by atoms with Gasteiger partial charge in [0, 0.05) is 12.4 Å². The summed E-state index contributed by atoms with van der Waals surface area (Å²) in [5.74, 6) is 0.646. The molecule has 0 saturated heterocycles. The van der Waals surface area contributed by atoms with Crippen molar-refractivity contribution in [3.63, 3.8) is 0 Å². The van der Waals surface area contributed by atoms with Gasteiger partial charge in [-0.1, -0.05) is 6.08 Å². The Bertz CT molecular complexity index is 563. The second kappa shape index (κ2) is 5.05. The zero-order valence-electron chi connectivity index (χ0n) is 8.98. The maximum Gasteiger partial charge on any atom is 0.153 e. The minimum atomic E-state index is -0.0119. The molecule has 5 heteroatoms. The van der Waals surface area contributed by atoms with E-state index in [4.69, 9.17) is 10.4 Å². The van der Waals surface area contributed by atoms with E-state index in [1.165, 1.54) is 6.20 Å². The molecule has 2 aromatic rings. The molecule has 0 aliphatic rings. The Hall–Kier alpha value is -2.45. The second-order valence-corrected chi connectivity index (χ2v) is 3.29. The maximum atomic E-state index is 8.66. The van der Waals surface area contributed by atoms with Gasteiger partial charge in [-0.05, 0) is 24.3 Å². The quantitative estimate of drug-likeness (QED) is 0.851. The summed E-state index contributed by atoms with van der Waals surface area (Å²) in [4.78, 5) is 4.12. The van der Waals surface area contributed by atoms with Gasteiger partial charge in [-0.15, -0.1) is 0 Å². The largest absolute Gasteiger partial charge is 0.392 e. The minimum Gasteiger partial charge on any atom is -0.392 e. The molecule has 84 valence electrons. The van der Waals surface area contributed by atoms with Crippen LogP contribution in [-0.4, -0.2) is 26.5 Å². The number of pyridine rings is 1. The number of nitrogens with zero attached hydrogens (tertiary/aromatic N) is 4. The van der Waals surface area contributed by atoms with Gasteiger partial charge in [0.25, 0.3) is 0 Å². The summed E-state index contributed by atoms with van der Waals surface area (Å²) in [6.45, 7) is -0.0119. The third-order valence-corrected chi connectivity index (χ3v) is 2.12. The molecule has 0 saturated carbocycles. The molecule has 0 atom stereocenters. The standard InChI is InChI=1S/C12H10N4O/c13-8-10-3-4-12(14-9-10)16-6-5-11(15-16)2-1-7-17/h1-6,9,17H,7H2/b2-1+. The van der Waals surface area contributed by atoms with Crippen molar-refractivity contribution in [2.45, 2.75) is 0 Å². The molecule has 1 N–H and O–H groups in total. The fourth-order valence-corrected chi connectivity index (χ4v) is 1.32. The van der Waals surface area contributed by atoms with Crippen molar-refractivity contribution in [1.82, 2.24) is 14.8 Å². The summed E-state index contributed by atoms with van der Waals surface area (Å²) < 4.78 is 1.61. The Morgan fingerprint density at radius 1 is 1.41 bits per heavy atom. The van der Waals surface area contributed by atoms with Crippen LogP contribution in [0.3, 0.4) is 0 Å². The Morgan fingerprint density at radius 3 is 2.94 bits per heavy atom. The number of aliphatic hydroxyl groups is 1. The van der Waals surface area contributed by atoms with Crippen LogP contribution in [0.1, 0.15) is 11.3 Å². The molecule has 0 fully saturated rings. The zero-order chi connectivity index (χ0) is 12.1. The first-order valence-electron chi connectivity index (χ1n) is 5.03. The predicted octanol–water partition coefficient (Wildman–Crippen LogP) is 1.14. The lowest BCUT2D eigenvalue weighted by atomic mass is 10.3. The predicted molar refractivity (Wildman–Crippen MR) is 62.2 cm³/mol. The van der Waals surface area contributed by atoms with E-state index in [1.54, 1.807) is 35.2 Å². The van der Waals surface area contributed by atoms with E-state index in [9.17, 15) is 0 Å². The molecule has 2 heterocycles. The highest BCUT2D eigenvalue weighted by molar-refractivity contribution is 5.44. The van der Waals surface area contributed by atoms with Crippen LogP contribution < -0.4 is 0 Å². The molecule has 0 amide bonds. The van der Waals surface area contributed by atoms with Crippen LogP contribution in [0.5, 0.6) is 0 Å². The molecule has 0 aliphatic heterocycles. The summed E-state index contributed by atoms with van der Waals surface area (Å²) in [5.41, 5.74) is 1.26. The highest BCUT2D eigenvalue weighted by Gasteiger charge is 2.00. The SMILES string of the molecule is N#Cc1ccc(-n2ccc(/C=C/CO)n2)nc1. The third kappa shape index (κ3) is 2.56. The van der Waals surface area contributed by atoms with E-state index in [1.807, 2.05) is 12.1 Å². The first kappa shape index (κ1) is 11.0. The van der Waals surface area contributed by atoms with E-state index < -0.39 is 0 Å².